The van der Waals surface area contributed by atoms with Gasteiger partial charge >= 0.3 is 0 Å². The lowest BCUT2D eigenvalue weighted by Crippen LogP contribution is -2.27. The van der Waals surface area contributed by atoms with Gasteiger partial charge in [0, 0.05) is 0 Å². The fourth-order valence-electron chi connectivity index (χ4n) is 1.84. The summed E-state index contributed by atoms with van der Waals surface area (Å²) >= 11 is 5.75. The molecule has 2 heterocycles. The molecule has 0 amide bonds. The Morgan fingerprint density at radius 2 is 2.27 bits per heavy atom. The predicted molar refractivity (Wildman–Crippen MR) is 59.1 cm³/mol. The molecule has 0 aliphatic carbocycles. The third-order valence-corrected chi connectivity index (χ3v) is 2.72. The van der Waals surface area contributed by atoms with Gasteiger partial charge in [-0.15, -0.1) is 0 Å². The third-order valence-electron chi connectivity index (χ3n) is 2.54. The summed E-state index contributed by atoms with van der Waals surface area (Å²) in [5, 5.41) is 3.68. The van der Waals surface area contributed by atoms with E-state index >= 15 is 0 Å². The topological polar surface area (TPSA) is 47.0 Å². The SMILES string of the molecule is CC1CC(Nc2cncc(Cl)n2)C(C)O1. The molecule has 0 saturated carbocycles. The fourth-order valence-corrected chi connectivity index (χ4v) is 1.99. The van der Waals surface area contributed by atoms with Crippen LogP contribution in [0.4, 0.5) is 5.82 Å². The maximum Gasteiger partial charge on any atom is 0.149 e. The van der Waals surface area contributed by atoms with Crippen molar-refractivity contribution in [1.29, 1.82) is 0 Å². The lowest BCUT2D eigenvalue weighted by atomic mass is 10.1. The van der Waals surface area contributed by atoms with Crippen LogP contribution < -0.4 is 5.32 Å². The van der Waals surface area contributed by atoms with Gasteiger partial charge in [0.2, 0.25) is 0 Å². The molecule has 3 atom stereocenters. The number of nitrogens with zero attached hydrogens (tertiary/aromatic N) is 2. The van der Waals surface area contributed by atoms with Crippen LogP contribution in [0.15, 0.2) is 12.4 Å². The van der Waals surface area contributed by atoms with Crippen molar-refractivity contribution >= 4 is 17.4 Å². The van der Waals surface area contributed by atoms with Gasteiger partial charge in [0.05, 0.1) is 30.6 Å². The highest BCUT2D eigenvalue weighted by molar-refractivity contribution is 6.29. The Morgan fingerprint density at radius 1 is 1.47 bits per heavy atom. The summed E-state index contributed by atoms with van der Waals surface area (Å²) in [7, 11) is 0. The van der Waals surface area contributed by atoms with E-state index in [9.17, 15) is 0 Å². The minimum atomic E-state index is 0.195. The molecule has 0 radical (unpaired) electrons. The lowest BCUT2D eigenvalue weighted by Gasteiger charge is -2.15. The molecular weight excluding hydrogens is 214 g/mol. The molecule has 3 unspecified atom stereocenters. The summed E-state index contributed by atoms with van der Waals surface area (Å²) in [5.74, 6) is 0.706. The van der Waals surface area contributed by atoms with Crippen LogP contribution in [0, 0.1) is 0 Å². The zero-order chi connectivity index (χ0) is 10.8. The largest absolute Gasteiger partial charge is 0.373 e. The van der Waals surface area contributed by atoms with Crippen LogP contribution in [-0.4, -0.2) is 28.2 Å². The first-order valence-corrected chi connectivity index (χ1v) is 5.42. The normalized spacial score (nSPS) is 30.5. The summed E-state index contributed by atoms with van der Waals surface area (Å²) in [6.07, 6.45) is 4.66. The second-order valence-electron chi connectivity index (χ2n) is 3.87. The molecule has 1 aromatic rings. The van der Waals surface area contributed by atoms with E-state index < -0.39 is 0 Å². The molecule has 1 N–H and O–H groups in total. The van der Waals surface area contributed by atoms with Crippen LogP contribution in [0.25, 0.3) is 0 Å². The lowest BCUT2D eigenvalue weighted by molar-refractivity contribution is 0.0650. The molecular formula is C10H14ClN3O. The molecule has 4 nitrogen and oxygen atoms in total. The smallest absolute Gasteiger partial charge is 0.149 e. The summed E-state index contributed by atoms with van der Waals surface area (Å²) in [6.45, 7) is 4.13. The first kappa shape index (κ1) is 10.6. The molecule has 2 rings (SSSR count). The first-order valence-electron chi connectivity index (χ1n) is 5.04. The number of anilines is 1. The average molecular weight is 228 g/mol. The molecule has 1 saturated heterocycles. The maximum atomic E-state index is 5.75. The molecule has 0 bridgehead atoms. The van der Waals surface area contributed by atoms with Crippen LogP contribution in [0.1, 0.15) is 20.3 Å². The molecule has 0 aromatic carbocycles. The number of aromatic nitrogens is 2. The molecule has 1 aromatic heterocycles. The van der Waals surface area contributed by atoms with Crippen LogP contribution in [0.5, 0.6) is 0 Å². The van der Waals surface area contributed by atoms with Crippen molar-refractivity contribution in [3.63, 3.8) is 0 Å². The summed E-state index contributed by atoms with van der Waals surface area (Å²) in [4.78, 5) is 8.10. The average Bonchev–Trinajstić information content (AvgIpc) is 2.45. The first-order chi connectivity index (χ1) is 7.15. The predicted octanol–water partition coefficient (Wildman–Crippen LogP) is 2.11. The minimum Gasteiger partial charge on any atom is -0.373 e. The Morgan fingerprint density at radius 3 is 2.87 bits per heavy atom. The van der Waals surface area contributed by atoms with Gasteiger partial charge in [-0.3, -0.25) is 4.98 Å². The number of halogens is 1. The standard InChI is InChI=1S/C10H14ClN3O/c1-6-3-8(7(2)15-6)13-10-5-12-4-9(11)14-10/h4-8H,3H2,1-2H3,(H,13,14). The van der Waals surface area contributed by atoms with Gasteiger partial charge in [-0.05, 0) is 20.3 Å². The van der Waals surface area contributed by atoms with Gasteiger partial charge in [-0.1, -0.05) is 11.6 Å². The highest BCUT2D eigenvalue weighted by Gasteiger charge is 2.29. The van der Waals surface area contributed by atoms with Crippen molar-refractivity contribution in [2.45, 2.75) is 38.5 Å². The highest BCUT2D eigenvalue weighted by atomic mass is 35.5. The number of rotatable bonds is 2. The zero-order valence-electron chi connectivity index (χ0n) is 8.77. The van der Waals surface area contributed by atoms with Gasteiger partial charge < -0.3 is 10.1 Å². The van der Waals surface area contributed by atoms with Crippen LogP contribution in [0.2, 0.25) is 5.15 Å². The highest BCUT2D eigenvalue weighted by Crippen LogP contribution is 2.22. The maximum absolute atomic E-state index is 5.75. The monoisotopic (exact) mass is 227 g/mol. The van der Waals surface area contributed by atoms with E-state index in [1.807, 2.05) is 0 Å². The Hall–Kier alpha value is -0.870. The summed E-state index contributed by atoms with van der Waals surface area (Å²) < 4.78 is 5.63. The van der Waals surface area contributed by atoms with E-state index in [-0.39, 0.29) is 12.1 Å². The van der Waals surface area contributed by atoms with E-state index in [2.05, 4.69) is 29.1 Å². The van der Waals surface area contributed by atoms with Crippen molar-refractivity contribution < 1.29 is 4.74 Å². The second kappa shape index (κ2) is 4.33. The van der Waals surface area contributed by atoms with E-state index in [0.29, 0.717) is 17.1 Å². The molecule has 82 valence electrons. The van der Waals surface area contributed by atoms with Crippen molar-refractivity contribution in [3.05, 3.63) is 17.5 Å². The molecule has 15 heavy (non-hydrogen) atoms. The minimum absolute atomic E-state index is 0.195. The number of nitrogens with one attached hydrogen (secondary N) is 1. The molecule has 1 aliphatic heterocycles. The fraction of sp³-hybridized carbons (Fsp3) is 0.600. The van der Waals surface area contributed by atoms with Crippen molar-refractivity contribution in [1.82, 2.24) is 9.97 Å². The second-order valence-corrected chi connectivity index (χ2v) is 4.25. The molecule has 1 aliphatic rings. The van der Waals surface area contributed by atoms with Gasteiger partial charge in [-0.25, -0.2) is 4.98 Å². The van der Waals surface area contributed by atoms with E-state index in [0.717, 1.165) is 6.42 Å². The number of ether oxygens (including phenoxy) is 1. The van der Waals surface area contributed by atoms with Crippen LogP contribution >= 0.6 is 11.6 Å². The van der Waals surface area contributed by atoms with Gasteiger partial charge in [-0.2, -0.15) is 0 Å². The van der Waals surface area contributed by atoms with E-state index in [4.69, 9.17) is 16.3 Å². The molecule has 5 heteroatoms. The van der Waals surface area contributed by atoms with Crippen molar-refractivity contribution in [2.75, 3.05) is 5.32 Å². The Kier molecular flexibility index (Phi) is 3.07. The molecule has 1 fully saturated rings. The third kappa shape index (κ3) is 2.58. The van der Waals surface area contributed by atoms with Gasteiger partial charge in [0.1, 0.15) is 11.0 Å². The van der Waals surface area contributed by atoms with Crippen molar-refractivity contribution in [2.24, 2.45) is 0 Å². The Bertz CT molecular complexity index is 347. The Balaban J connectivity index is 2.03. The van der Waals surface area contributed by atoms with E-state index in [1.165, 1.54) is 6.20 Å². The number of hydrogen-bond acceptors (Lipinski definition) is 4. The van der Waals surface area contributed by atoms with Crippen LogP contribution in [-0.2, 0) is 4.74 Å². The number of hydrogen-bond donors (Lipinski definition) is 1. The van der Waals surface area contributed by atoms with E-state index in [1.54, 1.807) is 6.20 Å². The van der Waals surface area contributed by atoms with Gasteiger partial charge in [0.15, 0.2) is 0 Å². The Labute approximate surface area is 94.0 Å². The molecule has 0 spiro atoms. The summed E-state index contributed by atoms with van der Waals surface area (Å²) in [6, 6.07) is 0.285. The van der Waals surface area contributed by atoms with Gasteiger partial charge in [0.25, 0.3) is 0 Å². The van der Waals surface area contributed by atoms with Crippen LogP contribution in [0.3, 0.4) is 0 Å². The van der Waals surface area contributed by atoms with Crippen molar-refractivity contribution in [3.8, 4) is 0 Å². The summed E-state index contributed by atoms with van der Waals surface area (Å²) in [5.41, 5.74) is 0. The zero-order valence-corrected chi connectivity index (χ0v) is 9.53. The quantitative estimate of drug-likeness (QED) is 0.841.